The number of rotatable bonds is 2. The highest BCUT2D eigenvalue weighted by Crippen LogP contribution is 2.18. The van der Waals surface area contributed by atoms with Crippen molar-refractivity contribution in [2.75, 3.05) is 5.73 Å². The van der Waals surface area contributed by atoms with Crippen LogP contribution in [0.2, 0.25) is 0 Å². The Kier molecular flexibility index (Phi) is 2.33. The Bertz CT molecular complexity index is 267. The molecular formula is C8H14N4O. The third-order valence-corrected chi connectivity index (χ3v) is 2.34. The van der Waals surface area contributed by atoms with Gasteiger partial charge in [-0.05, 0) is 25.7 Å². The molecule has 0 unspecified atom stereocenters. The lowest BCUT2D eigenvalue weighted by Gasteiger charge is -2.21. The number of anilines is 1. The average Bonchev–Trinajstić information content (AvgIpc) is 2.54. The second kappa shape index (κ2) is 3.64. The molecule has 0 saturated heterocycles. The minimum absolute atomic E-state index is 0.262. The van der Waals surface area contributed by atoms with Crippen LogP contribution in [0.4, 0.5) is 5.95 Å². The first-order valence-electron chi connectivity index (χ1n) is 4.69. The maximum Gasteiger partial charge on any atom is 0.257 e. The Hall–Kier alpha value is -1.26. The number of hydrogen-bond donors (Lipinski definition) is 1. The van der Waals surface area contributed by atoms with Crippen molar-refractivity contribution in [1.82, 2.24) is 14.9 Å². The van der Waals surface area contributed by atoms with Gasteiger partial charge < -0.3 is 10.6 Å². The van der Waals surface area contributed by atoms with E-state index < -0.39 is 0 Å². The molecule has 0 amide bonds. The summed E-state index contributed by atoms with van der Waals surface area (Å²) >= 11 is 0. The van der Waals surface area contributed by atoms with E-state index in [2.05, 4.69) is 10.1 Å². The maximum atomic E-state index is 5.54. The van der Waals surface area contributed by atoms with Crippen molar-refractivity contribution >= 4 is 5.95 Å². The molecule has 0 radical (unpaired) electrons. The molecule has 2 rings (SSSR count). The smallest absolute Gasteiger partial charge is 0.257 e. The molecule has 13 heavy (non-hydrogen) atoms. The number of nitrogen functional groups attached to an aromatic ring is 1. The van der Waals surface area contributed by atoms with Gasteiger partial charge in [-0.1, -0.05) is 11.3 Å². The fraction of sp³-hybridized carbons (Fsp3) is 0.750. The van der Waals surface area contributed by atoms with Crippen LogP contribution in [-0.4, -0.2) is 21.0 Å². The Morgan fingerprint density at radius 1 is 1.38 bits per heavy atom. The Balaban J connectivity index is 1.93. The van der Waals surface area contributed by atoms with E-state index in [-0.39, 0.29) is 6.10 Å². The van der Waals surface area contributed by atoms with Gasteiger partial charge in [-0.2, -0.15) is 4.98 Å². The fourth-order valence-electron chi connectivity index (χ4n) is 1.63. The van der Waals surface area contributed by atoms with Crippen molar-refractivity contribution in [3.05, 3.63) is 6.33 Å². The molecule has 0 aromatic carbocycles. The van der Waals surface area contributed by atoms with Crippen molar-refractivity contribution < 1.29 is 4.84 Å². The molecule has 1 saturated carbocycles. The van der Waals surface area contributed by atoms with Crippen molar-refractivity contribution in [2.45, 2.75) is 38.2 Å². The molecule has 0 bridgehead atoms. The zero-order valence-electron chi connectivity index (χ0n) is 7.52. The lowest BCUT2D eigenvalue weighted by atomic mass is 9.98. The standard InChI is InChI=1S/C8H14N4O/c9-8-10-6-11-12(8)13-7-4-2-1-3-5-7/h6-7H,1-5H2,(H2,9,10,11). The zero-order chi connectivity index (χ0) is 9.10. The second-order valence-electron chi connectivity index (χ2n) is 3.36. The summed E-state index contributed by atoms with van der Waals surface area (Å²) in [4.78, 5) is 10.6. The molecule has 0 spiro atoms. The normalized spacial score (nSPS) is 18.8. The van der Waals surface area contributed by atoms with Gasteiger partial charge >= 0.3 is 0 Å². The van der Waals surface area contributed by atoms with Crippen LogP contribution >= 0.6 is 0 Å². The molecule has 1 aromatic heterocycles. The predicted octanol–water partition coefficient (Wildman–Crippen LogP) is 0.622. The van der Waals surface area contributed by atoms with Gasteiger partial charge in [0.15, 0.2) is 0 Å². The first kappa shape index (κ1) is 8.34. The van der Waals surface area contributed by atoms with Crippen LogP contribution in [0.3, 0.4) is 0 Å². The summed E-state index contributed by atoms with van der Waals surface area (Å²) in [6.07, 6.45) is 7.64. The highest BCUT2D eigenvalue weighted by molar-refractivity contribution is 5.10. The molecule has 1 fully saturated rings. The van der Waals surface area contributed by atoms with Crippen molar-refractivity contribution in [2.24, 2.45) is 0 Å². The molecule has 0 aliphatic heterocycles. The summed E-state index contributed by atoms with van der Waals surface area (Å²) in [5.74, 6) is 0.325. The van der Waals surface area contributed by atoms with Gasteiger partial charge in [0.05, 0.1) is 0 Å². The van der Waals surface area contributed by atoms with Crippen molar-refractivity contribution in [3.63, 3.8) is 0 Å². The van der Waals surface area contributed by atoms with Crippen LogP contribution in [0.1, 0.15) is 32.1 Å². The number of aromatic nitrogens is 3. The van der Waals surface area contributed by atoms with Crippen molar-refractivity contribution in [3.8, 4) is 0 Å². The summed E-state index contributed by atoms with van der Waals surface area (Å²) in [7, 11) is 0. The molecule has 0 atom stereocenters. The Morgan fingerprint density at radius 3 is 2.77 bits per heavy atom. The van der Waals surface area contributed by atoms with E-state index in [1.807, 2.05) is 0 Å². The van der Waals surface area contributed by atoms with Crippen LogP contribution in [-0.2, 0) is 0 Å². The van der Waals surface area contributed by atoms with Crippen molar-refractivity contribution in [1.29, 1.82) is 0 Å². The molecule has 2 N–H and O–H groups in total. The minimum Gasteiger partial charge on any atom is -0.390 e. The van der Waals surface area contributed by atoms with Crippen LogP contribution in [0.5, 0.6) is 0 Å². The molecule has 1 aliphatic rings. The highest BCUT2D eigenvalue weighted by atomic mass is 16.7. The monoisotopic (exact) mass is 182 g/mol. The van der Waals surface area contributed by atoms with Gasteiger partial charge in [0.1, 0.15) is 12.4 Å². The molecule has 5 heteroatoms. The fourth-order valence-corrected chi connectivity index (χ4v) is 1.63. The summed E-state index contributed by atoms with van der Waals surface area (Å²) in [6, 6.07) is 0. The lowest BCUT2D eigenvalue weighted by molar-refractivity contribution is -0.00114. The van der Waals surface area contributed by atoms with Crippen LogP contribution in [0, 0.1) is 0 Å². The van der Waals surface area contributed by atoms with Gasteiger partial charge in [0.2, 0.25) is 0 Å². The molecule has 1 heterocycles. The molecule has 5 nitrogen and oxygen atoms in total. The number of hydrogen-bond acceptors (Lipinski definition) is 4. The summed E-state index contributed by atoms with van der Waals surface area (Å²) in [5, 5.41) is 3.87. The van der Waals surface area contributed by atoms with Crippen LogP contribution in [0.15, 0.2) is 6.33 Å². The molecule has 72 valence electrons. The summed E-state index contributed by atoms with van der Waals surface area (Å²) in [6.45, 7) is 0. The molecule has 1 aromatic rings. The quantitative estimate of drug-likeness (QED) is 0.728. The maximum absolute atomic E-state index is 5.54. The number of nitrogens with zero attached hydrogens (tertiary/aromatic N) is 3. The molecular weight excluding hydrogens is 168 g/mol. The SMILES string of the molecule is Nc1ncnn1OC1CCCCC1. The first-order valence-corrected chi connectivity index (χ1v) is 4.69. The van der Waals surface area contributed by atoms with Gasteiger partial charge in [-0.25, -0.2) is 0 Å². The molecule has 1 aliphatic carbocycles. The van der Waals surface area contributed by atoms with E-state index >= 15 is 0 Å². The van der Waals surface area contributed by atoms with E-state index in [0.29, 0.717) is 5.95 Å². The summed E-state index contributed by atoms with van der Waals surface area (Å²) in [5.41, 5.74) is 5.52. The van der Waals surface area contributed by atoms with E-state index in [4.69, 9.17) is 10.6 Å². The zero-order valence-corrected chi connectivity index (χ0v) is 7.52. The van der Waals surface area contributed by atoms with E-state index in [0.717, 1.165) is 12.8 Å². The van der Waals surface area contributed by atoms with Crippen LogP contribution < -0.4 is 10.6 Å². The van der Waals surface area contributed by atoms with Gasteiger partial charge in [0.25, 0.3) is 5.95 Å². The van der Waals surface area contributed by atoms with Gasteiger partial charge in [0, 0.05) is 0 Å². The Morgan fingerprint density at radius 2 is 2.15 bits per heavy atom. The lowest BCUT2D eigenvalue weighted by Crippen LogP contribution is -2.28. The van der Waals surface area contributed by atoms with Gasteiger partial charge in [-0.15, -0.1) is 5.10 Å². The first-order chi connectivity index (χ1) is 6.36. The number of nitrogens with two attached hydrogens (primary N) is 1. The van der Waals surface area contributed by atoms with E-state index in [9.17, 15) is 0 Å². The highest BCUT2D eigenvalue weighted by Gasteiger charge is 2.16. The minimum atomic E-state index is 0.262. The van der Waals surface area contributed by atoms with Crippen LogP contribution in [0.25, 0.3) is 0 Å². The average molecular weight is 182 g/mol. The van der Waals surface area contributed by atoms with Gasteiger partial charge in [-0.3, -0.25) is 0 Å². The van der Waals surface area contributed by atoms with E-state index in [1.165, 1.54) is 30.4 Å². The second-order valence-corrected chi connectivity index (χ2v) is 3.36. The summed E-state index contributed by atoms with van der Waals surface area (Å²) < 4.78 is 0. The Labute approximate surface area is 76.8 Å². The third-order valence-electron chi connectivity index (χ3n) is 2.34. The topological polar surface area (TPSA) is 66.0 Å². The largest absolute Gasteiger partial charge is 0.390 e. The predicted molar refractivity (Wildman–Crippen MR) is 47.9 cm³/mol. The van der Waals surface area contributed by atoms with E-state index in [1.54, 1.807) is 0 Å². The third kappa shape index (κ3) is 1.91.